The molecule has 3 rings (SSSR count). The third-order valence-corrected chi connectivity index (χ3v) is 5.20. The largest absolute Gasteiger partial charge is 0.451 e. The summed E-state index contributed by atoms with van der Waals surface area (Å²) >= 11 is 7.51. The van der Waals surface area contributed by atoms with Crippen LogP contribution in [0.15, 0.2) is 30.3 Å². The van der Waals surface area contributed by atoms with Gasteiger partial charge < -0.3 is 10.1 Å². The van der Waals surface area contributed by atoms with Crippen LogP contribution in [-0.2, 0) is 16.1 Å². The first-order valence-corrected chi connectivity index (χ1v) is 8.77. The average molecular weight is 378 g/mol. The van der Waals surface area contributed by atoms with Gasteiger partial charge in [0.1, 0.15) is 9.71 Å². The van der Waals surface area contributed by atoms with Gasteiger partial charge >= 0.3 is 5.97 Å². The molecule has 1 N–H and O–H groups in total. The first kappa shape index (κ1) is 17.4. The van der Waals surface area contributed by atoms with Crippen molar-refractivity contribution >= 4 is 45.0 Å². The molecule has 0 unspecified atom stereocenters. The number of aryl methyl sites for hydroxylation is 1. The molecule has 6 nitrogen and oxygen atoms in total. The maximum absolute atomic E-state index is 12.1. The van der Waals surface area contributed by atoms with Gasteiger partial charge in [0.25, 0.3) is 5.91 Å². The van der Waals surface area contributed by atoms with Crippen molar-refractivity contribution in [1.29, 1.82) is 0 Å². The Morgan fingerprint density at radius 2 is 2.12 bits per heavy atom. The molecular formula is C17H16ClN3O3S. The fraction of sp³-hybridized carbons (Fsp3) is 0.235. The Bertz CT molecular complexity index is 948. The second-order valence-corrected chi connectivity index (χ2v) is 6.85. The minimum absolute atomic E-state index is 0.297. The number of likely N-dealkylation sites (N-methyl/N-ethyl adjacent to an activating group) is 1. The molecule has 0 saturated carbocycles. The van der Waals surface area contributed by atoms with E-state index in [-0.39, 0.29) is 12.5 Å². The third-order valence-electron chi connectivity index (χ3n) is 3.70. The summed E-state index contributed by atoms with van der Waals surface area (Å²) in [5.74, 6) is -0.871. The SMILES string of the molecule is CNC(=O)COC(=O)c1cc2c(C)nn(Cc3ccccc3Cl)c2s1. The van der Waals surface area contributed by atoms with Gasteiger partial charge in [-0.2, -0.15) is 5.10 Å². The molecule has 0 aliphatic rings. The number of rotatable bonds is 5. The maximum atomic E-state index is 12.1. The molecular weight excluding hydrogens is 362 g/mol. The summed E-state index contributed by atoms with van der Waals surface area (Å²) in [7, 11) is 1.49. The Balaban J connectivity index is 1.87. The predicted molar refractivity (Wildman–Crippen MR) is 97.3 cm³/mol. The summed E-state index contributed by atoms with van der Waals surface area (Å²) in [4.78, 5) is 24.6. The van der Waals surface area contributed by atoms with Crippen LogP contribution < -0.4 is 5.32 Å². The Kier molecular flexibility index (Phi) is 5.06. The lowest BCUT2D eigenvalue weighted by Crippen LogP contribution is -2.24. The molecule has 0 saturated heterocycles. The van der Waals surface area contributed by atoms with Crippen molar-refractivity contribution in [2.45, 2.75) is 13.5 Å². The number of hydrogen-bond donors (Lipinski definition) is 1. The minimum Gasteiger partial charge on any atom is -0.451 e. The second-order valence-electron chi connectivity index (χ2n) is 5.41. The van der Waals surface area contributed by atoms with Gasteiger partial charge in [0, 0.05) is 17.5 Å². The first-order chi connectivity index (χ1) is 12.0. The van der Waals surface area contributed by atoms with Crippen LogP contribution >= 0.6 is 22.9 Å². The molecule has 0 aliphatic heterocycles. The van der Waals surface area contributed by atoms with E-state index in [1.165, 1.54) is 18.4 Å². The molecule has 0 atom stereocenters. The number of carbonyl (C=O) groups excluding carboxylic acids is 2. The first-order valence-electron chi connectivity index (χ1n) is 7.57. The number of carbonyl (C=O) groups is 2. The summed E-state index contributed by atoms with van der Waals surface area (Å²) in [6.45, 7) is 2.10. The molecule has 0 aliphatic carbocycles. The molecule has 2 heterocycles. The Hall–Kier alpha value is -2.38. The van der Waals surface area contributed by atoms with Crippen molar-refractivity contribution in [3.63, 3.8) is 0 Å². The van der Waals surface area contributed by atoms with Crippen molar-refractivity contribution in [2.75, 3.05) is 13.7 Å². The number of nitrogens with zero attached hydrogens (tertiary/aromatic N) is 2. The number of nitrogens with one attached hydrogen (secondary N) is 1. The van der Waals surface area contributed by atoms with E-state index in [2.05, 4.69) is 10.4 Å². The summed E-state index contributed by atoms with van der Waals surface area (Å²) in [6, 6.07) is 9.32. The number of thiophene rings is 1. The van der Waals surface area contributed by atoms with Crippen molar-refractivity contribution in [1.82, 2.24) is 15.1 Å². The number of fused-ring (bicyclic) bond motifs is 1. The fourth-order valence-electron chi connectivity index (χ4n) is 2.38. The van der Waals surface area contributed by atoms with Crippen molar-refractivity contribution in [3.05, 3.63) is 51.5 Å². The molecule has 0 fully saturated rings. The number of halogens is 1. The average Bonchev–Trinajstić information content (AvgIpc) is 3.16. The zero-order chi connectivity index (χ0) is 18.0. The smallest absolute Gasteiger partial charge is 0.348 e. The van der Waals surface area contributed by atoms with Crippen molar-refractivity contribution < 1.29 is 14.3 Å². The molecule has 130 valence electrons. The highest BCUT2D eigenvalue weighted by atomic mass is 35.5. The predicted octanol–water partition coefficient (Wildman–Crippen LogP) is 3.01. The summed E-state index contributed by atoms with van der Waals surface area (Å²) in [5.41, 5.74) is 1.77. The van der Waals surface area contributed by atoms with E-state index in [4.69, 9.17) is 16.3 Å². The van der Waals surface area contributed by atoms with Gasteiger partial charge in [-0.05, 0) is 24.6 Å². The van der Waals surface area contributed by atoms with Crippen LogP contribution in [0.1, 0.15) is 20.9 Å². The number of esters is 1. The van der Waals surface area contributed by atoms with Crippen LogP contribution in [-0.4, -0.2) is 35.3 Å². The van der Waals surface area contributed by atoms with Gasteiger partial charge in [-0.1, -0.05) is 29.8 Å². The molecule has 0 bridgehead atoms. The fourth-order valence-corrected chi connectivity index (χ4v) is 3.63. The normalized spacial score (nSPS) is 10.8. The molecule has 2 aromatic heterocycles. The van der Waals surface area contributed by atoms with E-state index >= 15 is 0 Å². The topological polar surface area (TPSA) is 73.2 Å². The molecule has 1 amide bonds. The third kappa shape index (κ3) is 3.67. The number of benzene rings is 1. The number of aromatic nitrogens is 2. The number of ether oxygens (including phenoxy) is 1. The van der Waals surface area contributed by atoms with E-state index in [1.807, 2.05) is 35.9 Å². The summed E-state index contributed by atoms with van der Waals surface area (Å²) < 4.78 is 6.83. The van der Waals surface area contributed by atoms with Crippen molar-refractivity contribution in [2.24, 2.45) is 0 Å². The maximum Gasteiger partial charge on any atom is 0.348 e. The van der Waals surface area contributed by atoms with Crippen molar-refractivity contribution in [3.8, 4) is 0 Å². The lowest BCUT2D eigenvalue weighted by molar-refractivity contribution is -0.123. The highest BCUT2D eigenvalue weighted by Gasteiger charge is 2.18. The summed E-state index contributed by atoms with van der Waals surface area (Å²) in [5, 5.41) is 8.50. The van der Waals surface area contributed by atoms with Gasteiger partial charge in [0.05, 0.1) is 12.2 Å². The molecule has 8 heteroatoms. The molecule has 0 radical (unpaired) electrons. The molecule has 0 spiro atoms. The quantitative estimate of drug-likeness (QED) is 0.694. The van der Waals surface area contributed by atoms with Gasteiger partial charge in [0.2, 0.25) is 0 Å². The van der Waals surface area contributed by atoms with Crippen LogP contribution in [0.2, 0.25) is 5.02 Å². The monoisotopic (exact) mass is 377 g/mol. The highest BCUT2D eigenvalue weighted by Crippen LogP contribution is 2.30. The van der Waals surface area contributed by atoms with E-state index in [1.54, 1.807) is 6.07 Å². The Morgan fingerprint density at radius 3 is 2.84 bits per heavy atom. The van der Waals surface area contributed by atoms with Crippen LogP contribution in [0.4, 0.5) is 0 Å². The lowest BCUT2D eigenvalue weighted by Gasteiger charge is -2.05. The van der Waals surface area contributed by atoms with E-state index < -0.39 is 5.97 Å². The van der Waals surface area contributed by atoms with E-state index in [0.29, 0.717) is 16.4 Å². The molecule has 1 aromatic carbocycles. The van der Waals surface area contributed by atoms with Crippen LogP contribution in [0.3, 0.4) is 0 Å². The highest BCUT2D eigenvalue weighted by molar-refractivity contribution is 7.20. The standard InChI is InChI=1S/C17H16ClN3O3S/c1-10-12-7-14(17(23)24-9-15(22)19-2)25-16(12)21(20-10)8-11-5-3-4-6-13(11)18/h3-7H,8-9H2,1-2H3,(H,19,22). The molecule has 3 aromatic rings. The second kappa shape index (κ2) is 7.25. The Morgan fingerprint density at radius 1 is 1.36 bits per heavy atom. The lowest BCUT2D eigenvalue weighted by atomic mass is 10.2. The van der Waals surface area contributed by atoms with Crippen LogP contribution in [0.5, 0.6) is 0 Å². The van der Waals surface area contributed by atoms with Gasteiger partial charge in [-0.3, -0.25) is 9.48 Å². The van der Waals surface area contributed by atoms with Gasteiger partial charge in [-0.25, -0.2) is 4.79 Å². The zero-order valence-electron chi connectivity index (χ0n) is 13.7. The minimum atomic E-state index is -0.520. The van der Waals surface area contributed by atoms with Gasteiger partial charge in [-0.15, -0.1) is 11.3 Å². The number of amides is 1. The van der Waals surface area contributed by atoms with E-state index in [0.717, 1.165) is 21.5 Å². The van der Waals surface area contributed by atoms with Crippen LogP contribution in [0.25, 0.3) is 10.2 Å². The van der Waals surface area contributed by atoms with Crippen LogP contribution in [0, 0.1) is 6.92 Å². The molecule has 25 heavy (non-hydrogen) atoms. The zero-order valence-corrected chi connectivity index (χ0v) is 15.3. The van der Waals surface area contributed by atoms with Gasteiger partial charge in [0.15, 0.2) is 6.61 Å². The summed E-state index contributed by atoms with van der Waals surface area (Å²) in [6.07, 6.45) is 0. The Labute approximate surface area is 153 Å². The number of hydrogen-bond acceptors (Lipinski definition) is 5. The van der Waals surface area contributed by atoms with E-state index in [9.17, 15) is 9.59 Å².